The van der Waals surface area contributed by atoms with E-state index in [-0.39, 0.29) is 11.9 Å². The lowest BCUT2D eigenvalue weighted by molar-refractivity contribution is -0.146. The first-order chi connectivity index (χ1) is 13.2. The molecule has 0 aliphatic carbocycles. The standard InChI is InChI=1S/C18H20N6O2S/c1-26-17(25)11-6-8-24(9-7-11)16-14(19)15(20-10-21-16)23-18-22-12-4-2-3-5-13(12)27-18/h2-5,10-11H,6-9,19H2,1H3,(H,20,21,22,23). The molecule has 140 valence electrons. The second-order valence-electron chi connectivity index (χ2n) is 6.36. The van der Waals surface area contributed by atoms with E-state index in [9.17, 15) is 4.79 Å². The second kappa shape index (κ2) is 7.36. The van der Waals surface area contributed by atoms with E-state index in [4.69, 9.17) is 10.5 Å². The van der Waals surface area contributed by atoms with Crippen molar-refractivity contribution >= 4 is 50.0 Å². The number of thiazole rings is 1. The highest BCUT2D eigenvalue weighted by Crippen LogP contribution is 2.33. The molecular formula is C18H20N6O2S. The van der Waals surface area contributed by atoms with Crippen molar-refractivity contribution in [2.75, 3.05) is 36.1 Å². The number of fused-ring (bicyclic) bond motifs is 1. The maximum Gasteiger partial charge on any atom is 0.308 e. The third kappa shape index (κ3) is 3.50. The molecule has 0 amide bonds. The molecule has 8 nitrogen and oxygen atoms in total. The summed E-state index contributed by atoms with van der Waals surface area (Å²) in [6, 6.07) is 7.94. The summed E-state index contributed by atoms with van der Waals surface area (Å²) in [7, 11) is 1.43. The van der Waals surface area contributed by atoms with Crippen LogP contribution in [-0.4, -0.2) is 41.1 Å². The van der Waals surface area contributed by atoms with Crippen LogP contribution in [0.4, 0.5) is 22.5 Å². The predicted molar refractivity (Wildman–Crippen MR) is 106 cm³/mol. The van der Waals surface area contributed by atoms with Gasteiger partial charge < -0.3 is 20.7 Å². The zero-order valence-electron chi connectivity index (χ0n) is 14.9. The van der Waals surface area contributed by atoms with Crippen molar-refractivity contribution in [3.63, 3.8) is 0 Å². The fraction of sp³-hybridized carbons (Fsp3) is 0.333. The van der Waals surface area contributed by atoms with Crippen molar-refractivity contribution in [2.45, 2.75) is 12.8 Å². The molecule has 9 heteroatoms. The minimum absolute atomic E-state index is 0.0605. The van der Waals surface area contributed by atoms with Crippen LogP contribution in [0.25, 0.3) is 10.2 Å². The van der Waals surface area contributed by atoms with Gasteiger partial charge in [-0.05, 0) is 25.0 Å². The summed E-state index contributed by atoms with van der Waals surface area (Å²) in [4.78, 5) is 27.0. The van der Waals surface area contributed by atoms with Crippen LogP contribution in [0.15, 0.2) is 30.6 Å². The molecule has 0 radical (unpaired) electrons. The van der Waals surface area contributed by atoms with Crippen molar-refractivity contribution < 1.29 is 9.53 Å². The van der Waals surface area contributed by atoms with Crippen LogP contribution in [0.1, 0.15) is 12.8 Å². The normalized spacial score (nSPS) is 15.1. The first-order valence-corrected chi connectivity index (χ1v) is 9.53. The first-order valence-electron chi connectivity index (χ1n) is 8.71. The minimum atomic E-state index is -0.150. The highest BCUT2D eigenvalue weighted by molar-refractivity contribution is 7.22. The molecule has 0 unspecified atom stereocenters. The SMILES string of the molecule is COC(=O)C1CCN(c2ncnc(Nc3nc4ccccc4s3)c2N)CC1. The van der Waals surface area contributed by atoms with E-state index < -0.39 is 0 Å². The number of benzene rings is 1. The number of anilines is 4. The zero-order valence-corrected chi connectivity index (χ0v) is 15.7. The average Bonchev–Trinajstić information content (AvgIpc) is 3.11. The number of esters is 1. The van der Waals surface area contributed by atoms with Gasteiger partial charge in [-0.25, -0.2) is 15.0 Å². The number of nitrogen functional groups attached to an aromatic ring is 1. The van der Waals surface area contributed by atoms with E-state index in [0.717, 1.165) is 28.2 Å². The molecular weight excluding hydrogens is 364 g/mol. The number of piperidine rings is 1. The van der Waals surface area contributed by atoms with E-state index in [2.05, 4.69) is 25.2 Å². The maximum absolute atomic E-state index is 11.7. The molecule has 27 heavy (non-hydrogen) atoms. The lowest BCUT2D eigenvalue weighted by atomic mass is 9.97. The van der Waals surface area contributed by atoms with Gasteiger partial charge >= 0.3 is 5.97 Å². The Morgan fingerprint density at radius 3 is 2.81 bits per heavy atom. The molecule has 1 aliphatic heterocycles. The maximum atomic E-state index is 11.7. The van der Waals surface area contributed by atoms with Crippen molar-refractivity contribution in [1.82, 2.24) is 15.0 Å². The Labute approximate surface area is 160 Å². The van der Waals surface area contributed by atoms with E-state index in [0.29, 0.717) is 30.4 Å². The van der Waals surface area contributed by atoms with E-state index >= 15 is 0 Å². The molecule has 0 spiro atoms. The van der Waals surface area contributed by atoms with E-state index in [1.165, 1.54) is 13.4 Å². The second-order valence-corrected chi connectivity index (χ2v) is 7.39. The number of hydrogen-bond donors (Lipinski definition) is 2. The van der Waals surface area contributed by atoms with Gasteiger partial charge in [0.25, 0.3) is 0 Å². The Morgan fingerprint density at radius 1 is 1.30 bits per heavy atom. The molecule has 3 heterocycles. The number of nitrogens with two attached hydrogens (primary N) is 1. The third-order valence-corrected chi connectivity index (χ3v) is 5.66. The van der Waals surface area contributed by atoms with Crippen molar-refractivity contribution in [3.05, 3.63) is 30.6 Å². The number of methoxy groups -OCH3 is 1. The summed E-state index contributed by atoms with van der Waals surface area (Å²) in [6.07, 6.45) is 2.93. The summed E-state index contributed by atoms with van der Waals surface area (Å²) in [6.45, 7) is 1.39. The summed E-state index contributed by atoms with van der Waals surface area (Å²) < 4.78 is 5.94. The summed E-state index contributed by atoms with van der Waals surface area (Å²) in [5.41, 5.74) is 7.75. The number of nitrogens with one attached hydrogen (secondary N) is 1. The quantitative estimate of drug-likeness (QED) is 0.662. The first kappa shape index (κ1) is 17.5. The molecule has 0 saturated carbocycles. The van der Waals surface area contributed by atoms with E-state index in [1.807, 2.05) is 24.3 Å². The number of rotatable bonds is 4. The van der Waals surface area contributed by atoms with Gasteiger partial charge in [-0.2, -0.15) is 0 Å². The van der Waals surface area contributed by atoms with Gasteiger partial charge in [0.1, 0.15) is 12.0 Å². The smallest absolute Gasteiger partial charge is 0.308 e. The Hall–Kier alpha value is -2.94. The fourth-order valence-corrected chi connectivity index (χ4v) is 4.12. The molecule has 3 N–H and O–H groups in total. The van der Waals surface area contributed by atoms with Gasteiger partial charge in [0.05, 0.1) is 23.2 Å². The third-order valence-electron chi connectivity index (χ3n) is 4.71. The van der Waals surface area contributed by atoms with Crippen LogP contribution in [-0.2, 0) is 9.53 Å². The zero-order chi connectivity index (χ0) is 18.8. The van der Waals surface area contributed by atoms with Crippen molar-refractivity contribution in [3.8, 4) is 0 Å². The molecule has 1 fully saturated rings. The van der Waals surface area contributed by atoms with Gasteiger partial charge in [-0.3, -0.25) is 4.79 Å². The number of carbonyl (C=O) groups excluding carboxylic acids is 1. The van der Waals surface area contributed by atoms with Crippen molar-refractivity contribution in [2.24, 2.45) is 5.92 Å². The van der Waals surface area contributed by atoms with Gasteiger partial charge in [-0.1, -0.05) is 23.5 Å². The Kier molecular flexibility index (Phi) is 4.76. The molecule has 1 aromatic carbocycles. The number of carbonyl (C=O) groups is 1. The number of hydrogen-bond acceptors (Lipinski definition) is 9. The van der Waals surface area contributed by atoms with Crippen LogP contribution in [0.2, 0.25) is 0 Å². The highest BCUT2D eigenvalue weighted by atomic mass is 32.1. The lowest BCUT2D eigenvalue weighted by Crippen LogP contribution is -2.37. The van der Waals surface area contributed by atoms with Crippen LogP contribution in [0.3, 0.4) is 0 Å². The van der Waals surface area contributed by atoms with Crippen molar-refractivity contribution in [1.29, 1.82) is 0 Å². The highest BCUT2D eigenvalue weighted by Gasteiger charge is 2.27. The van der Waals surface area contributed by atoms with E-state index in [1.54, 1.807) is 11.3 Å². The Morgan fingerprint density at radius 2 is 2.07 bits per heavy atom. The van der Waals surface area contributed by atoms with Crippen LogP contribution >= 0.6 is 11.3 Å². The topological polar surface area (TPSA) is 106 Å². The van der Waals surface area contributed by atoms with Crippen LogP contribution in [0.5, 0.6) is 0 Å². The van der Waals surface area contributed by atoms with Gasteiger partial charge in [-0.15, -0.1) is 0 Å². The Balaban J connectivity index is 1.52. The summed E-state index contributed by atoms with van der Waals surface area (Å²) in [5, 5.41) is 3.94. The molecule has 4 rings (SSSR count). The molecule has 3 aromatic rings. The van der Waals surface area contributed by atoms with Gasteiger partial charge in [0, 0.05) is 13.1 Å². The molecule has 1 aliphatic rings. The van der Waals surface area contributed by atoms with Crippen LogP contribution < -0.4 is 16.0 Å². The van der Waals surface area contributed by atoms with Gasteiger partial charge in [0.2, 0.25) is 0 Å². The number of nitrogens with zero attached hydrogens (tertiary/aromatic N) is 4. The molecule has 2 aromatic heterocycles. The monoisotopic (exact) mass is 384 g/mol. The number of ether oxygens (including phenoxy) is 1. The molecule has 0 bridgehead atoms. The summed E-state index contributed by atoms with van der Waals surface area (Å²) >= 11 is 1.55. The Bertz CT molecular complexity index is 934. The number of para-hydroxylation sites is 1. The summed E-state index contributed by atoms with van der Waals surface area (Å²) in [5.74, 6) is 1.00. The molecule has 1 saturated heterocycles. The largest absolute Gasteiger partial charge is 0.469 e. The number of aromatic nitrogens is 3. The minimum Gasteiger partial charge on any atom is -0.469 e. The average molecular weight is 384 g/mol. The predicted octanol–water partition coefficient (Wildman–Crippen LogP) is 2.80. The molecule has 0 atom stereocenters. The van der Waals surface area contributed by atoms with Gasteiger partial charge in [0.15, 0.2) is 16.8 Å². The fourth-order valence-electron chi connectivity index (χ4n) is 3.26. The lowest BCUT2D eigenvalue weighted by Gasteiger charge is -2.32. The van der Waals surface area contributed by atoms with Crippen LogP contribution in [0, 0.1) is 5.92 Å².